The molecule has 0 saturated carbocycles. The molecule has 4 nitrogen and oxygen atoms in total. The first-order valence-corrected chi connectivity index (χ1v) is 5.50. The van der Waals surface area contributed by atoms with Crippen LogP contribution in [0.4, 0.5) is 20.3 Å². The highest BCUT2D eigenvalue weighted by Crippen LogP contribution is 2.15. The first-order valence-electron chi connectivity index (χ1n) is 5.50. The molecule has 1 aromatic carbocycles. The van der Waals surface area contributed by atoms with Gasteiger partial charge in [-0.25, -0.2) is 13.8 Å². The third-order valence-electron chi connectivity index (χ3n) is 2.46. The fourth-order valence-corrected chi connectivity index (χ4v) is 1.54. The van der Waals surface area contributed by atoms with Crippen LogP contribution in [0.25, 0.3) is 0 Å². The number of nitrogens with two attached hydrogens (primary N) is 1. The van der Waals surface area contributed by atoms with Gasteiger partial charge in [0.25, 0.3) is 0 Å². The average molecular weight is 263 g/mol. The van der Waals surface area contributed by atoms with E-state index in [0.717, 1.165) is 12.1 Å². The van der Waals surface area contributed by atoms with E-state index in [1.165, 1.54) is 12.3 Å². The molecule has 0 aliphatic heterocycles. The Hall–Kier alpha value is -2.50. The topological polar surface area (TPSA) is 68.0 Å². The summed E-state index contributed by atoms with van der Waals surface area (Å²) in [7, 11) is 0. The molecule has 1 heterocycles. The van der Waals surface area contributed by atoms with Crippen molar-refractivity contribution in [2.75, 3.05) is 11.1 Å². The van der Waals surface area contributed by atoms with Gasteiger partial charge in [-0.15, -0.1) is 0 Å². The van der Waals surface area contributed by atoms with Crippen molar-refractivity contribution in [2.45, 2.75) is 6.42 Å². The number of rotatable bonds is 3. The van der Waals surface area contributed by atoms with E-state index >= 15 is 0 Å². The second-order valence-corrected chi connectivity index (χ2v) is 3.90. The minimum absolute atomic E-state index is 0.105. The van der Waals surface area contributed by atoms with Crippen LogP contribution in [-0.2, 0) is 11.2 Å². The second-order valence-electron chi connectivity index (χ2n) is 3.90. The second kappa shape index (κ2) is 5.43. The van der Waals surface area contributed by atoms with Gasteiger partial charge in [0.2, 0.25) is 5.91 Å². The lowest BCUT2D eigenvalue weighted by Crippen LogP contribution is -2.17. The molecule has 0 saturated heterocycles. The summed E-state index contributed by atoms with van der Waals surface area (Å²) in [5, 5.41) is 2.47. The fourth-order valence-electron chi connectivity index (χ4n) is 1.54. The van der Waals surface area contributed by atoms with Crippen molar-refractivity contribution in [1.29, 1.82) is 0 Å². The Kier molecular flexibility index (Phi) is 3.70. The van der Waals surface area contributed by atoms with Gasteiger partial charge in [-0.3, -0.25) is 4.79 Å². The molecule has 0 aliphatic carbocycles. The molecule has 0 fully saturated rings. The number of hydrogen-bond donors (Lipinski definition) is 2. The predicted molar refractivity (Wildman–Crippen MR) is 67.3 cm³/mol. The molecule has 98 valence electrons. The standard InChI is InChI=1S/C13H11F2N3O/c14-9-4-3-8(10(15)7-9)6-12(19)18-13-11(16)2-1-5-17-13/h1-5,7H,6,16H2,(H,17,18,19). The smallest absolute Gasteiger partial charge is 0.230 e. The van der Waals surface area contributed by atoms with E-state index in [-0.39, 0.29) is 17.8 Å². The molecule has 0 unspecified atom stereocenters. The zero-order valence-electron chi connectivity index (χ0n) is 9.86. The number of halogens is 2. The molecule has 19 heavy (non-hydrogen) atoms. The number of aromatic nitrogens is 1. The van der Waals surface area contributed by atoms with Crippen LogP contribution < -0.4 is 11.1 Å². The molecule has 2 aromatic rings. The van der Waals surface area contributed by atoms with Crippen molar-refractivity contribution < 1.29 is 13.6 Å². The maximum Gasteiger partial charge on any atom is 0.230 e. The maximum absolute atomic E-state index is 13.4. The molecule has 0 spiro atoms. The first-order chi connectivity index (χ1) is 9.06. The Balaban J connectivity index is 2.08. The van der Waals surface area contributed by atoms with Crippen molar-refractivity contribution in [2.24, 2.45) is 0 Å². The predicted octanol–water partition coefficient (Wildman–Crippen LogP) is 2.12. The van der Waals surface area contributed by atoms with Gasteiger partial charge in [0.1, 0.15) is 11.6 Å². The molecular weight excluding hydrogens is 252 g/mol. The Morgan fingerprint density at radius 3 is 2.79 bits per heavy atom. The lowest BCUT2D eigenvalue weighted by molar-refractivity contribution is -0.115. The van der Waals surface area contributed by atoms with Crippen molar-refractivity contribution in [3.63, 3.8) is 0 Å². The van der Waals surface area contributed by atoms with E-state index < -0.39 is 17.5 Å². The quantitative estimate of drug-likeness (QED) is 0.891. The highest BCUT2D eigenvalue weighted by atomic mass is 19.1. The van der Waals surface area contributed by atoms with Crippen molar-refractivity contribution in [3.8, 4) is 0 Å². The number of nitrogens with one attached hydrogen (secondary N) is 1. The van der Waals surface area contributed by atoms with Gasteiger partial charge in [0, 0.05) is 12.3 Å². The molecule has 3 N–H and O–H groups in total. The van der Waals surface area contributed by atoms with E-state index in [0.29, 0.717) is 5.69 Å². The number of carbonyl (C=O) groups excluding carboxylic acids is 1. The number of benzene rings is 1. The van der Waals surface area contributed by atoms with E-state index in [9.17, 15) is 13.6 Å². The Bertz CT molecular complexity index is 617. The number of pyridine rings is 1. The van der Waals surface area contributed by atoms with E-state index in [1.54, 1.807) is 12.1 Å². The molecule has 0 radical (unpaired) electrons. The fraction of sp³-hybridized carbons (Fsp3) is 0.0769. The molecule has 6 heteroatoms. The number of carbonyl (C=O) groups is 1. The molecule has 0 bridgehead atoms. The van der Waals surface area contributed by atoms with Crippen LogP contribution in [0.1, 0.15) is 5.56 Å². The minimum Gasteiger partial charge on any atom is -0.396 e. The van der Waals surface area contributed by atoms with Gasteiger partial charge in [0.15, 0.2) is 5.82 Å². The molecule has 0 aliphatic rings. The number of anilines is 2. The summed E-state index contributed by atoms with van der Waals surface area (Å²) < 4.78 is 26.1. The number of hydrogen-bond acceptors (Lipinski definition) is 3. The highest BCUT2D eigenvalue weighted by Gasteiger charge is 2.11. The van der Waals surface area contributed by atoms with Gasteiger partial charge < -0.3 is 11.1 Å². The van der Waals surface area contributed by atoms with E-state index in [2.05, 4.69) is 10.3 Å². The normalized spacial score (nSPS) is 10.2. The molecule has 1 amide bonds. The van der Waals surface area contributed by atoms with Crippen LogP contribution in [0.3, 0.4) is 0 Å². The number of amides is 1. The van der Waals surface area contributed by atoms with Gasteiger partial charge in [-0.2, -0.15) is 0 Å². The van der Waals surface area contributed by atoms with Crippen molar-refractivity contribution in [1.82, 2.24) is 4.98 Å². The van der Waals surface area contributed by atoms with Gasteiger partial charge >= 0.3 is 0 Å². The average Bonchev–Trinajstić information content (AvgIpc) is 2.36. The van der Waals surface area contributed by atoms with Crippen molar-refractivity contribution >= 4 is 17.4 Å². The Labute approximate surface area is 108 Å². The summed E-state index contributed by atoms with van der Waals surface area (Å²) in [6.45, 7) is 0. The van der Waals surface area contributed by atoms with Gasteiger partial charge in [-0.1, -0.05) is 6.07 Å². The van der Waals surface area contributed by atoms with Crippen LogP contribution in [-0.4, -0.2) is 10.9 Å². The van der Waals surface area contributed by atoms with Crippen molar-refractivity contribution in [3.05, 3.63) is 53.7 Å². The SMILES string of the molecule is Nc1cccnc1NC(=O)Cc1ccc(F)cc1F. The lowest BCUT2D eigenvalue weighted by atomic mass is 10.1. The third-order valence-corrected chi connectivity index (χ3v) is 2.46. The zero-order chi connectivity index (χ0) is 13.8. The molecule has 1 aromatic heterocycles. The molecular formula is C13H11F2N3O. The van der Waals surface area contributed by atoms with Crippen LogP contribution in [0.2, 0.25) is 0 Å². The van der Waals surface area contributed by atoms with Crippen LogP contribution in [0, 0.1) is 11.6 Å². The summed E-state index contributed by atoms with van der Waals surface area (Å²) >= 11 is 0. The van der Waals surface area contributed by atoms with Gasteiger partial charge in [0.05, 0.1) is 12.1 Å². The monoisotopic (exact) mass is 263 g/mol. The van der Waals surface area contributed by atoms with Crippen LogP contribution in [0.5, 0.6) is 0 Å². The summed E-state index contributed by atoms with van der Waals surface area (Å²) in [5.41, 5.74) is 6.03. The number of nitrogens with zero attached hydrogens (tertiary/aromatic N) is 1. The number of nitrogen functional groups attached to an aromatic ring is 1. The Morgan fingerprint density at radius 2 is 2.11 bits per heavy atom. The van der Waals surface area contributed by atoms with E-state index in [4.69, 9.17) is 5.73 Å². The van der Waals surface area contributed by atoms with Crippen LogP contribution >= 0.6 is 0 Å². The van der Waals surface area contributed by atoms with E-state index in [1.807, 2.05) is 0 Å². The summed E-state index contributed by atoms with van der Waals surface area (Å²) in [5.74, 6) is -1.70. The first kappa shape index (κ1) is 12.9. The molecule has 2 rings (SSSR count). The van der Waals surface area contributed by atoms with Crippen LogP contribution in [0.15, 0.2) is 36.5 Å². The Morgan fingerprint density at radius 1 is 1.32 bits per heavy atom. The third kappa shape index (κ3) is 3.25. The maximum atomic E-state index is 13.4. The minimum atomic E-state index is -0.760. The largest absolute Gasteiger partial charge is 0.396 e. The lowest BCUT2D eigenvalue weighted by Gasteiger charge is -2.07. The van der Waals surface area contributed by atoms with Gasteiger partial charge in [-0.05, 0) is 23.8 Å². The highest BCUT2D eigenvalue weighted by molar-refractivity contribution is 5.93. The molecule has 0 atom stereocenters. The zero-order valence-corrected chi connectivity index (χ0v) is 9.86. The summed E-state index contributed by atoms with van der Waals surface area (Å²) in [4.78, 5) is 15.6. The summed E-state index contributed by atoms with van der Waals surface area (Å²) in [6.07, 6.45) is 1.26. The summed E-state index contributed by atoms with van der Waals surface area (Å²) in [6, 6.07) is 6.27.